The van der Waals surface area contributed by atoms with Gasteiger partial charge in [0.1, 0.15) is 12.0 Å². The molecule has 2 rings (SSSR count). The van der Waals surface area contributed by atoms with E-state index in [4.69, 9.17) is 4.74 Å². The summed E-state index contributed by atoms with van der Waals surface area (Å²) in [6.45, 7) is 9.65. The van der Waals surface area contributed by atoms with Crippen LogP contribution in [0.25, 0.3) is 10.8 Å². The fourth-order valence-corrected chi connectivity index (χ4v) is 2.83. The van der Waals surface area contributed by atoms with Crippen molar-refractivity contribution in [3.05, 3.63) is 72.3 Å². The Morgan fingerprint density at radius 1 is 1.12 bits per heavy atom. The van der Waals surface area contributed by atoms with Crippen LogP contribution >= 0.6 is 0 Å². The number of allylic oxidation sites excluding steroid dienone is 2. The van der Waals surface area contributed by atoms with E-state index in [0.717, 1.165) is 17.2 Å². The minimum absolute atomic E-state index is 0.234. The minimum Gasteiger partial charge on any atom is -0.455 e. The van der Waals surface area contributed by atoms with E-state index in [-0.39, 0.29) is 12.2 Å². The third-order valence-corrected chi connectivity index (χ3v) is 4.37. The van der Waals surface area contributed by atoms with E-state index in [1.165, 1.54) is 5.57 Å². The van der Waals surface area contributed by atoms with Gasteiger partial charge in [0.15, 0.2) is 5.78 Å². The summed E-state index contributed by atoms with van der Waals surface area (Å²) >= 11 is 0. The van der Waals surface area contributed by atoms with Gasteiger partial charge < -0.3 is 4.74 Å². The number of benzene rings is 2. The van der Waals surface area contributed by atoms with Crippen LogP contribution in [0, 0.1) is 0 Å². The van der Waals surface area contributed by atoms with Crippen LogP contribution in [-0.2, 0) is 9.53 Å². The third kappa shape index (κ3) is 5.16. The molecule has 0 aliphatic rings. The fraction of sp³-hybridized carbons (Fsp3) is 0.304. The summed E-state index contributed by atoms with van der Waals surface area (Å²) < 4.78 is 5.57. The highest BCUT2D eigenvalue weighted by molar-refractivity contribution is 6.13. The van der Waals surface area contributed by atoms with E-state index in [2.05, 4.69) is 12.7 Å². The van der Waals surface area contributed by atoms with Crippen LogP contribution in [-0.4, -0.2) is 17.4 Å². The fourth-order valence-electron chi connectivity index (χ4n) is 2.83. The van der Waals surface area contributed by atoms with Crippen LogP contribution in [0.1, 0.15) is 50.4 Å². The van der Waals surface area contributed by atoms with Crippen molar-refractivity contribution in [2.75, 3.05) is 0 Å². The Kier molecular flexibility index (Phi) is 6.51. The highest BCUT2D eigenvalue weighted by atomic mass is 16.6. The maximum Gasteiger partial charge on any atom is 0.314 e. The predicted molar refractivity (Wildman–Crippen MR) is 106 cm³/mol. The molecule has 0 saturated heterocycles. The smallest absolute Gasteiger partial charge is 0.314 e. The summed E-state index contributed by atoms with van der Waals surface area (Å²) in [4.78, 5) is 24.9. The molecule has 0 radical (unpaired) electrons. The number of carbonyl (C=O) groups excluding carboxylic acids is 2. The van der Waals surface area contributed by atoms with Crippen molar-refractivity contribution in [1.29, 1.82) is 0 Å². The number of ketones is 1. The topological polar surface area (TPSA) is 43.4 Å². The van der Waals surface area contributed by atoms with Gasteiger partial charge in [-0.25, -0.2) is 0 Å². The zero-order valence-corrected chi connectivity index (χ0v) is 15.7. The second-order valence-electron chi connectivity index (χ2n) is 6.94. The molecule has 0 heterocycles. The monoisotopic (exact) mass is 350 g/mol. The standard InChI is InChI=1S/C23H26O3/c1-5-23(4,15-9-10-17(2)3)26-22(25)16-21(24)20-14-8-12-18-11-6-7-13-19(18)20/h5-8,10-14H,1,9,15-16H2,2-4H3. The SMILES string of the molecule is C=CC(C)(CCC=C(C)C)OC(=O)CC(=O)c1cccc2ccccc12. The van der Waals surface area contributed by atoms with Crippen molar-refractivity contribution >= 4 is 22.5 Å². The number of fused-ring (bicyclic) bond motifs is 1. The normalized spacial score (nSPS) is 12.9. The van der Waals surface area contributed by atoms with Gasteiger partial charge in [-0.2, -0.15) is 0 Å². The minimum atomic E-state index is -0.776. The Balaban J connectivity index is 2.07. The molecule has 0 fully saturated rings. The first-order valence-corrected chi connectivity index (χ1v) is 8.84. The first kappa shape index (κ1) is 19.6. The molecule has 2 aromatic rings. The summed E-state index contributed by atoms with van der Waals surface area (Å²) in [6.07, 6.45) is 4.87. The lowest BCUT2D eigenvalue weighted by atomic mass is 9.98. The first-order chi connectivity index (χ1) is 12.3. The summed E-state index contributed by atoms with van der Waals surface area (Å²) in [5.41, 5.74) is 0.987. The number of esters is 1. The van der Waals surface area contributed by atoms with E-state index in [1.807, 2.05) is 57.2 Å². The lowest BCUT2D eigenvalue weighted by Gasteiger charge is -2.25. The van der Waals surface area contributed by atoms with Crippen LogP contribution in [0.15, 0.2) is 66.8 Å². The van der Waals surface area contributed by atoms with Gasteiger partial charge in [0, 0.05) is 5.56 Å². The molecule has 2 aromatic carbocycles. The Morgan fingerprint density at radius 3 is 2.50 bits per heavy atom. The quantitative estimate of drug-likeness (QED) is 0.267. The molecule has 1 atom stereocenters. The number of hydrogen-bond donors (Lipinski definition) is 0. The molecule has 0 spiro atoms. The van der Waals surface area contributed by atoms with E-state index >= 15 is 0 Å². The molecular formula is C23H26O3. The van der Waals surface area contributed by atoms with Crippen LogP contribution < -0.4 is 0 Å². The van der Waals surface area contributed by atoms with Gasteiger partial charge >= 0.3 is 5.97 Å². The van der Waals surface area contributed by atoms with E-state index in [9.17, 15) is 9.59 Å². The maximum atomic E-state index is 12.6. The second kappa shape index (κ2) is 8.61. The number of hydrogen-bond acceptors (Lipinski definition) is 3. The van der Waals surface area contributed by atoms with Crippen molar-refractivity contribution in [3.63, 3.8) is 0 Å². The molecule has 136 valence electrons. The molecule has 26 heavy (non-hydrogen) atoms. The zero-order chi connectivity index (χ0) is 19.2. The Hall–Kier alpha value is -2.68. The van der Waals surface area contributed by atoms with Gasteiger partial charge in [-0.15, -0.1) is 0 Å². The highest BCUT2D eigenvalue weighted by Crippen LogP contribution is 2.23. The molecule has 3 nitrogen and oxygen atoms in total. The molecule has 0 aliphatic carbocycles. The van der Waals surface area contributed by atoms with Crippen molar-refractivity contribution in [2.24, 2.45) is 0 Å². The van der Waals surface area contributed by atoms with Crippen LogP contribution in [0.2, 0.25) is 0 Å². The summed E-state index contributed by atoms with van der Waals surface area (Å²) in [7, 11) is 0. The average molecular weight is 350 g/mol. The maximum absolute atomic E-state index is 12.6. The Morgan fingerprint density at radius 2 is 1.81 bits per heavy atom. The van der Waals surface area contributed by atoms with Crippen molar-refractivity contribution in [2.45, 2.75) is 45.6 Å². The van der Waals surface area contributed by atoms with E-state index < -0.39 is 11.6 Å². The second-order valence-corrected chi connectivity index (χ2v) is 6.94. The zero-order valence-electron chi connectivity index (χ0n) is 15.7. The average Bonchev–Trinajstić information content (AvgIpc) is 2.60. The molecule has 0 aromatic heterocycles. The molecule has 1 unspecified atom stereocenters. The number of Topliss-reactive ketones (excluding diaryl/α,β-unsaturated/α-hetero) is 1. The first-order valence-electron chi connectivity index (χ1n) is 8.84. The van der Waals surface area contributed by atoms with E-state index in [0.29, 0.717) is 12.0 Å². The van der Waals surface area contributed by atoms with Gasteiger partial charge in [-0.05, 0) is 50.5 Å². The van der Waals surface area contributed by atoms with Gasteiger partial charge in [0.25, 0.3) is 0 Å². The molecule has 0 amide bonds. The number of rotatable bonds is 8. The summed E-state index contributed by atoms with van der Waals surface area (Å²) in [6, 6.07) is 13.2. The molecule has 0 N–H and O–H groups in total. The molecule has 0 aliphatic heterocycles. The Labute approximate surface area is 155 Å². The van der Waals surface area contributed by atoms with Gasteiger partial charge in [0.2, 0.25) is 0 Å². The predicted octanol–water partition coefficient (Wildman–Crippen LogP) is 5.65. The van der Waals surface area contributed by atoms with Crippen molar-refractivity contribution in [1.82, 2.24) is 0 Å². The number of carbonyl (C=O) groups is 2. The Bertz CT molecular complexity index is 838. The molecule has 3 heteroatoms. The summed E-state index contributed by atoms with van der Waals surface area (Å²) in [5, 5.41) is 1.83. The van der Waals surface area contributed by atoms with Gasteiger partial charge in [0.05, 0.1) is 0 Å². The van der Waals surface area contributed by atoms with Gasteiger partial charge in [-0.3, -0.25) is 9.59 Å². The molecular weight excluding hydrogens is 324 g/mol. The van der Waals surface area contributed by atoms with Crippen LogP contribution in [0.3, 0.4) is 0 Å². The summed E-state index contributed by atoms with van der Waals surface area (Å²) in [5.74, 6) is -0.759. The van der Waals surface area contributed by atoms with Gasteiger partial charge in [-0.1, -0.05) is 60.7 Å². The van der Waals surface area contributed by atoms with Crippen molar-refractivity contribution < 1.29 is 14.3 Å². The van der Waals surface area contributed by atoms with Crippen LogP contribution in [0.4, 0.5) is 0 Å². The lowest BCUT2D eigenvalue weighted by Crippen LogP contribution is -2.30. The highest BCUT2D eigenvalue weighted by Gasteiger charge is 2.26. The lowest BCUT2D eigenvalue weighted by molar-refractivity contribution is -0.153. The van der Waals surface area contributed by atoms with Crippen LogP contribution in [0.5, 0.6) is 0 Å². The third-order valence-electron chi connectivity index (χ3n) is 4.37. The molecule has 0 saturated carbocycles. The molecule has 0 bridgehead atoms. The largest absolute Gasteiger partial charge is 0.455 e. The van der Waals surface area contributed by atoms with Crippen molar-refractivity contribution in [3.8, 4) is 0 Å². The number of ether oxygens (including phenoxy) is 1. The van der Waals surface area contributed by atoms with E-state index in [1.54, 1.807) is 12.1 Å².